The lowest BCUT2D eigenvalue weighted by Gasteiger charge is -2.43. The standard InChI is InChI=1S/C20H29F3N4O3/c1-5-30-17(28)13-10-24-27-15(20(21,22)23)9-14(25-16(13)27)12-7-6-8-26(11-12)18(29)19(2,3)4/h10,12,14-15,25H,5-9,11H2,1-4H3/t12?,14-,15+/m0/s1. The molecule has 0 bridgehead atoms. The van der Waals surface area contributed by atoms with Gasteiger partial charge in [-0.3, -0.25) is 4.79 Å². The largest absolute Gasteiger partial charge is 0.462 e. The van der Waals surface area contributed by atoms with E-state index < -0.39 is 29.6 Å². The van der Waals surface area contributed by atoms with Crippen LogP contribution in [0.5, 0.6) is 0 Å². The molecule has 10 heteroatoms. The number of alkyl halides is 3. The van der Waals surface area contributed by atoms with Crippen LogP contribution in [0, 0.1) is 11.3 Å². The normalized spacial score (nSPS) is 24.8. The molecule has 0 saturated carbocycles. The molecule has 0 aromatic carbocycles. The van der Waals surface area contributed by atoms with Crippen molar-refractivity contribution in [3.63, 3.8) is 0 Å². The molecule has 3 atom stereocenters. The van der Waals surface area contributed by atoms with Gasteiger partial charge in [-0.05, 0) is 32.1 Å². The van der Waals surface area contributed by atoms with E-state index in [0.29, 0.717) is 19.5 Å². The van der Waals surface area contributed by atoms with Crippen LogP contribution in [-0.4, -0.2) is 58.5 Å². The quantitative estimate of drug-likeness (QED) is 0.741. The summed E-state index contributed by atoms with van der Waals surface area (Å²) in [7, 11) is 0. The van der Waals surface area contributed by atoms with Crippen molar-refractivity contribution in [2.75, 3.05) is 25.0 Å². The Balaban J connectivity index is 1.88. The number of nitrogens with one attached hydrogen (secondary N) is 1. The van der Waals surface area contributed by atoms with Crippen LogP contribution in [-0.2, 0) is 9.53 Å². The number of hydrogen-bond donors (Lipinski definition) is 1. The summed E-state index contributed by atoms with van der Waals surface area (Å²) in [6.45, 7) is 8.24. The first kappa shape index (κ1) is 22.4. The van der Waals surface area contributed by atoms with Crippen molar-refractivity contribution in [2.24, 2.45) is 11.3 Å². The van der Waals surface area contributed by atoms with Gasteiger partial charge in [0.25, 0.3) is 0 Å². The maximum atomic E-state index is 13.8. The minimum Gasteiger partial charge on any atom is -0.462 e. The summed E-state index contributed by atoms with van der Waals surface area (Å²) in [4.78, 5) is 26.7. The molecule has 1 saturated heterocycles. The fraction of sp³-hybridized carbons (Fsp3) is 0.750. The molecular formula is C20H29F3N4O3. The number of esters is 1. The van der Waals surface area contributed by atoms with E-state index >= 15 is 0 Å². The fourth-order valence-electron chi connectivity index (χ4n) is 4.26. The molecule has 1 N–H and O–H groups in total. The lowest BCUT2D eigenvalue weighted by molar-refractivity contribution is -0.175. The zero-order valence-electron chi connectivity index (χ0n) is 17.8. The average molecular weight is 430 g/mol. The molecular weight excluding hydrogens is 401 g/mol. The van der Waals surface area contributed by atoms with E-state index in [9.17, 15) is 22.8 Å². The minimum atomic E-state index is -4.51. The molecule has 1 fully saturated rings. The van der Waals surface area contributed by atoms with Gasteiger partial charge in [0.05, 0.1) is 12.8 Å². The summed E-state index contributed by atoms with van der Waals surface area (Å²) in [5, 5.41) is 6.95. The van der Waals surface area contributed by atoms with Gasteiger partial charge in [0.15, 0.2) is 6.04 Å². The first-order valence-corrected chi connectivity index (χ1v) is 10.3. The topological polar surface area (TPSA) is 76.5 Å². The number of likely N-dealkylation sites (tertiary alicyclic amines) is 1. The Kier molecular flexibility index (Phi) is 6.06. The highest BCUT2D eigenvalue weighted by Gasteiger charge is 2.49. The Morgan fingerprint density at radius 1 is 1.30 bits per heavy atom. The SMILES string of the molecule is CCOC(=O)c1cnn2c1N[C@H](C1CCCN(C(=O)C(C)(C)C)C1)C[C@@H]2C(F)(F)F. The maximum absolute atomic E-state index is 13.8. The molecule has 7 nitrogen and oxygen atoms in total. The summed E-state index contributed by atoms with van der Waals surface area (Å²) in [6, 6.07) is -2.37. The van der Waals surface area contributed by atoms with E-state index in [4.69, 9.17) is 4.74 Å². The van der Waals surface area contributed by atoms with E-state index in [0.717, 1.165) is 17.3 Å². The highest BCUT2D eigenvalue weighted by atomic mass is 19.4. The Hall–Kier alpha value is -2.26. The Morgan fingerprint density at radius 3 is 2.60 bits per heavy atom. The van der Waals surface area contributed by atoms with Crippen LogP contribution >= 0.6 is 0 Å². The van der Waals surface area contributed by atoms with Crippen LogP contribution in [0.4, 0.5) is 19.0 Å². The number of fused-ring (bicyclic) bond motifs is 1. The van der Waals surface area contributed by atoms with Gasteiger partial charge in [-0.2, -0.15) is 18.3 Å². The molecule has 0 aliphatic carbocycles. The van der Waals surface area contributed by atoms with E-state index in [-0.39, 0.29) is 36.2 Å². The van der Waals surface area contributed by atoms with Crippen molar-refractivity contribution >= 4 is 17.7 Å². The van der Waals surface area contributed by atoms with Gasteiger partial charge in [0.2, 0.25) is 5.91 Å². The van der Waals surface area contributed by atoms with Crippen LogP contribution in [0.1, 0.15) is 63.4 Å². The van der Waals surface area contributed by atoms with Crippen LogP contribution in [0.15, 0.2) is 6.20 Å². The number of halogens is 3. The lowest BCUT2D eigenvalue weighted by atomic mass is 9.84. The van der Waals surface area contributed by atoms with Gasteiger partial charge >= 0.3 is 12.1 Å². The third kappa shape index (κ3) is 4.41. The summed E-state index contributed by atoms with van der Waals surface area (Å²) >= 11 is 0. The van der Waals surface area contributed by atoms with E-state index in [1.54, 1.807) is 11.8 Å². The van der Waals surface area contributed by atoms with Crippen molar-refractivity contribution in [3.05, 3.63) is 11.8 Å². The highest BCUT2D eigenvalue weighted by molar-refractivity contribution is 5.94. The second-order valence-corrected chi connectivity index (χ2v) is 9.02. The first-order valence-electron chi connectivity index (χ1n) is 10.3. The maximum Gasteiger partial charge on any atom is 0.410 e. The van der Waals surface area contributed by atoms with Crippen LogP contribution in [0.3, 0.4) is 0 Å². The lowest BCUT2D eigenvalue weighted by Crippen LogP contribution is -2.51. The fourth-order valence-corrected chi connectivity index (χ4v) is 4.26. The number of nitrogens with zero attached hydrogens (tertiary/aromatic N) is 3. The molecule has 0 radical (unpaired) electrons. The molecule has 2 aliphatic heterocycles. The number of ether oxygens (including phenoxy) is 1. The summed E-state index contributed by atoms with van der Waals surface area (Å²) < 4.78 is 47.2. The van der Waals surface area contributed by atoms with Crippen LogP contribution in [0.25, 0.3) is 0 Å². The van der Waals surface area contributed by atoms with Crippen molar-refractivity contribution in [1.82, 2.24) is 14.7 Å². The third-order valence-electron chi connectivity index (χ3n) is 5.72. The second-order valence-electron chi connectivity index (χ2n) is 9.02. The summed E-state index contributed by atoms with van der Waals surface area (Å²) in [5.41, 5.74) is -0.555. The summed E-state index contributed by atoms with van der Waals surface area (Å²) in [5.74, 6) is -0.839. The molecule has 1 unspecified atom stereocenters. The third-order valence-corrected chi connectivity index (χ3v) is 5.72. The number of carbonyl (C=O) groups is 2. The minimum absolute atomic E-state index is 0.00534. The van der Waals surface area contributed by atoms with Gasteiger partial charge in [0.1, 0.15) is 11.4 Å². The molecule has 30 heavy (non-hydrogen) atoms. The zero-order valence-corrected chi connectivity index (χ0v) is 17.8. The van der Waals surface area contributed by atoms with E-state index in [1.165, 1.54) is 0 Å². The van der Waals surface area contributed by atoms with E-state index in [1.807, 2.05) is 20.8 Å². The Morgan fingerprint density at radius 2 is 2.00 bits per heavy atom. The van der Waals surface area contributed by atoms with Gasteiger partial charge < -0.3 is 15.0 Å². The van der Waals surface area contributed by atoms with Crippen LogP contribution in [0.2, 0.25) is 0 Å². The predicted molar refractivity (Wildman–Crippen MR) is 104 cm³/mol. The molecule has 168 valence electrons. The van der Waals surface area contributed by atoms with E-state index in [2.05, 4.69) is 10.4 Å². The number of piperidine rings is 1. The number of rotatable bonds is 3. The predicted octanol–water partition coefficient (Wildman–Crippen LogP) is 3.63. The average Bonchev–Trinajstić information content (AvgIpc) is 3.09. The number of carbonyl (C=O) groups excluding carboxylic acids is 2. The Bertz CT molecular complexity index is 800. The number of aromatic nitrogens is 2. The van der Waals surface area contributed by atoms with Crippen LogP contribution < -0.4 is 5.32 Å². The molecule has 1 aromatic rings. The number of hydrogen-bond acceptors (Lipinski definition) is 5. The van der Waals surface area contributed by atoms with Gasteiger partial charge in [0, 0.05) is 24.5 Å². The van der Waals surface area contributed by atoms with Crippen molar-refractivity contribution in [1.29, 1.82) is 0 Å². The van der Waals surface area contributed by atoms with Gasteiger partial charge in [-0.1, -0.05) is 20.8 Å². The molecule has 1 aromatic heterocycles. The van der Waals surface area contributed by atoms with Gasteiger partial charge in [-0.25, -0.2) is 9.48 Å². The smallest absolute Gasteiger partial charge is 0.410 e. The first-order chi connectivity index (χ1) is 13.9. The second kappa shape index (κ2) is 8.11. The molecule has 1 amide bonds. The summed E-state index contributed by atoms with van der Waals surface area (Å²) in [6.07, 6.45) is -2.16. The molecule has 3 rings (SSSR count). The van der Waals surface area contributed by atoms with Crippen molar-refractivity contribution in [2.45, 2.75) is 65.2 Å². The van der Waals surface area contributed by atoms with Crippen molar-refractivity contribution < 1.29 is 27.5 Å². The number of amides is 1. The molecule has 2 aliphatic rings. The molecule has 3 heterocycles. The number of anilines is 1. The zero-order chi connectivity index (χ0) is 22.3. The highest BCUT2D eigenvalue weighted by Crippen LogP contribution is 2.43. The monoisotopic (exact) mass is 430 g/mol. The Labute approximate surface area is 173 Å². The molecule has 0 spiro atoms. The van der Waals surface area contributed by atoms with Gasteiger partial charge in [-0.15, -0.1) is 0 Å². The van der Waals surface area contributed by atoms with Crippen molar-refractivity contribution in [3.8, 4) is 0 Å².